The van der Waals surface area contributed by atoms with Gasteiger partial charge in [-0.15, -0.1) is 15.3 Å². The van der Waals surface area contributed by atoms with Gasteiger partial charge in [0.25, 0.3) is 5.91 Å². The van der Waals surface area contributed by atoms with Crippen molar-refractivity contribution in [2.75, 3.05) is 19.0 Å². The van der Waals surface area contributed by atoms with Crippen molar-refractivity contribution in [3.8, 4) is 11.5 Å². The lowest BCUT2D eigenvalue weighted by molar-refractivity contribution is 0.0785. The predicted octanol–water partition coefficient (Wildman–Crippen LogP) is 4.23. The highest BCUT2D eigenvalue weighted by Gasteiger charge is 2.17. The van der Waals surface area contributed by atoms with Crippen LogP contribution in [0, 0.1) is 0 Å². The van der Waals surface area contributed by atoms with Gasteiger partial charge in [-0.05, 0) is 42.0 Å². The molecule has 0 saturated carbocycles. The molecule has 8 nitrogen and oxygen atoms in total. The zero-order valence-electron chi connectivity index (χ0n) is 18.9. The fourth-order valence-electron chi connectivity index (χ4n) is 3.74. The zero-order chi connectivity index (χ0) is 23.5. The molecule has 0 unspecified atom stereocenters. The van der Waals surface area contributed by atoms with E-state index in [0.717, 1.165) is 17.1 Å². The number of hydrogen-bond acceptors (Lipinski definition) is 6. The smallest absolute Gasteiger partial charge is 0.254 e. The third kappa shape index (κ3) is 4.21. The lowest BCUT2D eigenvalue weighted by Crippen LogP contribution is -2.26. The van der Waals surface area contributed by atoms with Crippen LogP contribution in [0.2, 0.25) is 0 Å². The van der Waals surface area contributed by atoms with E-state index >= 15 is 0 Å². The normalized spacial score (nSPS) is 10.9. The Morgan fingerprint density at radius 3 is 2.38 bits per heavy atom. The first-order valence-electron chi connectivity index (χ1n) is 10.9. The van der Waals surface area contributed by atoms with Gasteiger partial charge in [-0.3, -0.25) is 9.78 Å². The molecule has 8 heteroatoms. The molecular weight excluding hydrogens is 426 g/mol. The number of pyridine rings is 1. The standard InChI is InChI=1S/C26H23N7O/c1-31(18-19-9-5-3-6-10-19)26(34)20-15-16-27-22(17-20)25-29-28-23-13-14-24(30-33(23)25)32(2)21-11-7-4-8-12-21/h3-17H,18H2,1-2H3. The van der Waals surface area contributed by atoms with Gasteiger partial charge >= 0.3 is 0 Å². The van der Waals surface area contributed by atoms with E-state index in [1.165, 1.54) is 0 Å². The molecule has 0 aliphatic heterocycles. The quantitative estimate of drug-likeness (QED) is 0.386. The number of fused-ring (bicyclic) bond motifs is 1. The lowest BCUT2D eigenvalue weighted by atomic mass is 10.1. The summed E-state index contributed by atoms with van der Waals surface area (Å²) in [6.07, 6.45) is 1.61. The molecule has 0 fully saturated rings. The summed E-state index contributed by atoms with van der Waals surface area (Å²) in [5, 5.41) is 13.3. The first-order valence-corrected chi connectivity index (χ1v) is 10.9. The van der Waals surface area contributed by atoms with E-state index < -0.39 is 0 Å². The number of nitrogens with zero attached hydrogens (tertiary/aromatic N) is 7. The number of amides is 1. The first-order chi connectivity index (χ1) is 16.6. The van der Waals surface area contributed by atoms with Gasteiger partial charge in [0.15, 0.2) is 11.5 Å². The molecule has 168 valence electrons. The van der Waals surface area contributed by atoms with Crippen molar-refractivity contribution in [3.05, 3.63) is 102 Å². The molecule has 0 N–H and O–H groups in total. The van der Waals surface area contributed by atoms with Crippen LogP contribution in [0.4, 0.5) is 11.5 Å². The van der Waals surface area contributed by atoms with Crippen LogP contribution in [0.15, 0.2) is 91.1 Å². The van der Waals surface area contributed by atoms with E-state index in [2.05, 4.69) is 15.2 Å². The third-order valence-electron chi connectivity index (χ3n) is 5.58. The second kappa shape index (κ2) is 9.11. The number of hydrogen-bond donors (Lipinski definition) is 0. The second-order valence-electron chi connectivity index (χ2n) is 7.96. The predicted molar refractivity (Wildman–Crippen MR) is 131 cm³/mol. The first kappa shape index (κ1) is 21.3. The molecule has 0 saturated heterocycles. The number of para-hydroxylation sites is 1. The molecule has 0 spiro atoms. The molecule has 0 radical (unpaired) electrons. The van der Waals surface area contributed by atoms with Crippen molar-refractivity contribution in [2.24, 2.45) is 0 Å². The maximum Gasteiger partial charge on any atom is 0.254 e. The van der Waals surface area contributed by atoms with Crippen molar-refractivity contribution < 1.29 is 4.79 Å². The largest absolute Gasteiger partial charge is 0.337 e. The third-order valence-corrected chi connectivity index (χ3v) is 5.58. The summed E-state index contributed by atoms with van der Waals surface area (Å²) in [5.74, 6) is 1.10. The van der Waals surface area contributed by atoms with Crippen LogP contribution >= 0.6 is 0 Å². The van der Waals surface area contributed by atoms with E-state index in [4.69, 9.17) is 5.10 Å². The van der Waals surface area contributed by atoms with Gasteiger partial charge in [-0.1, -0.05) is 48.5 Å². The van der Waals surface area contributed by atoms with Crippen LogP contribution in [-0.2, 0) is 6.54 Å². The van der Waals surface area contributed by atoms with Crippen LogP contribution in [0.5, 0.6) is 0 Å². The highest BCUT2D eigenvalue weighted by molar-refractivity contribution is 5.94. The fraction of sp³-hybridized carbons (Fsp3) is 0.115. The molecule has 2 aromatic carbocycles. The molecule has 5 aromatic rings. The molecule has 0 aliphatic carbocycles. The average Bonchev–Trinajstić information content (AvgIpc) is 3.32. The minimum atomic E-state index is -0.0983. The van der Waals surface area contributed by atoms with E-state index in [0.29, 0.717) is 29.3 Å². The minimum Gasteiger partial charge on any atom is -0.337 e. The Bertz CT molecular complexity index is 1430. The second-order valence-corrected chi connectivity index (χ2v) is 7.96. The van der Waals surface area contributed by atoms with Gasteiger partial charge in [0.2, 0.25) is 5.82 Å². The SMILES string of the molecule is CN(Cc1ccccc1)C(=O)c1ccnc(-c2nnc3ccc(N(C)c4ccccc4)nn23)c1. The van der Waals surface area contributed by atoms with Crippen molar-refractivity contribution in [2.45, 2.75) is 6.54 Å². The van der Waals surface area contributed by atoms with Crippen LogP contribution in [0.1, 0.15) is 15.9 Å². The van der Waals surface area contributed by atoms with Gasteiger partial charge in [-0.25, -0.2) is 0 Å². The highest BCUT2D eigenvalue weighted by Crippen LogP contribution is 2.23. The molecule has 1 amide bonds. The zero-order valence-corrected chi connectivity index (χ0v) is 18.9. The highest BCUT2D eigenvalue weighted by atomic mass is 16.2. The van der Waals surface area contributed by atoms with Crippen LogP contribution in [-0.4, -0.2) is 49.7 Å². The van der Waals surface area contributed by atoms with E-state index in [1.54, 1.807) is 34.8 Å². The summed E-state index contributed by atoms with van der Waals surface area (Å²) in [6.45, 7) is 0.516. The van der Waals surface area contributed by atoms with Gasteiger partial charge in [-0.2, -0.15) is 4.52 Å². The molecule has 0 bridgehead atoms. The monoisotopic (exact) mass is 449 g/mol. The summed E-state index contributed by atoms with van der Waals surface area (Å²) in [7, 11) is 3.74. The Morgan fingerprint density at radius 2 is 1.62 bits per heavy atom. The molecular formula is C26H23N7O. The number of carbonyl (C=O) groups excluding carboxylic acids is 1. The Morgan fingerprint density at radius 1 is 0.882 bits per heavy atom. The van der Waals surface area contributed by atoms with Crippen molar-refractivity contribution in [1.29, 1.82) is 0 Å². The molecule has 5 rings (SSSR count). The maximum absolute atomic E-state index is 13.1. The minimum absolute atomic E-state index is 0.0983. The fourth-order valence-corrected chi connectivity index (χ4v) is 3.74. The number of rotatable bonds is 6. The van der Waals surface area contributed by atoms with Crippen molar-refractivity contribution >= 4 is 23.1 Å². The van der Waals surface area contributed by atoms with Crippen LogP contribution in [0.3, 0.4) is 0 Å². The van der Waals surface area contributed by atoms with E-state index in [1.807, 2.05) is 84.7 Å². The summed E-state index contributed by atoms with van der Waals surface area (Å²) < 4.78 is 1.65. The number of benzene rings is 2. The summed E-state index contributed by atoms with van der Waals surface area (Å²) in [4.78, 5) is 21.2. The molecule has 3 heterocycles. The van der Waals surface area contributed by atoms with Gasteiger partial charge in [0.05, 0.1) is 0 Å². The summed E-state index contributed by atoms with van der Waals surface area (Å²) >= 11 is 0. The Hall–Kier alpha value is -4.59. The number of aromatic nitrogens is 5. The van der Waals surface area contributed by atoms with Crippen LogP contribution < -0.4 is 4.90 Å². The van der Waals surface area contributed by atoms with Crippen molar-refractivity contribution in [3.63, 3.8) is 0 Å². The maximum atomic E-state index is 13.1. The Labute approximate surface area is 197 Å². The van der Waals surface area contributed by atoms with E-state index in [-0.39, 0.29) is 5.91 Å². The van der Waals surface area contributed by atoms with Gasteiger partial charge in [0.1, 0.15) is 5.69 Å². The molecule has 34 heavy (non-hydrogen) atoms. The lowest BCUT2D eigenvalue weighted by Gasteiger charge is -2.18. The van der Waals surface area contributed by atoms with Gasteiger partial charge < -0.3 is 9.80 Å². The summed E-state index contributed by atoms with van der Waals surface area (Å²) in [5.41, 5.74) is 3.72. The van der Waals surface area contributed by atoms with Crippen LogP contribution in [0.25, 0.3) is 17.2 Å². The Kier molecular flexibility index (Phi) is 5.70. The summed E-state index contributed by atoms with van der Waals surface area (Å²) in [6, 6.07) is 27.1. The topological polar surface area (TPSA) is 79.5 Å². The Balaban J connectivity index is 1.45. The van der Waals surface area contributed by atoms with Crippen molar-refractivity contribution in [1.82, 2.24) is 29.7 Å². The average molecular weight is 450 g/mol. The molecule has 0 aliphatic rings. The number of anilines is 2. The molecule has 3 aromatic heterocycles. The van der Waals surface area contributed by atoms with E-state index in [9.17, 15) is 4.79 Å². The molecule has 0 atom stereocenters. The number of carbonyl (C=O) groups is 1. The van der Waals surface area contributed by atoms with Gasteiger partial charge in [0, 0.05) is 38.1 Å².